The van der Waals surface area contributed by atoms with Crippen molar-refractivity contribution in [2.45, 2.75) is 59.4 Å². The molecule has 1 N–H and O–H groups in total. The van der Waals surface area contributed by atoms with E-state index in [9.17, 15) is 9.90 Å². The zero-order chi connectivity index (χ0) is 10.6. The van der Waals surface area contributed by atoms with Crippen molar-refractivity contribution in [1.82, 2.24) is 4.90 Å². The Morgan fingerprint density at radius 3 is 1.85 bits per heavy atom. The van der Waals surface area contributed by atoms with E-state index in [1.165, 1.54) is 6.92 Å². The molecule has 78 valence electrons. The van der Waals surface area contributed by atoms with Crippen LogP contribution in [-0.4, -0.2) is 34.1 Å². The third-order valence-electron chi connectivity index (χ3n) is 2.01. The van der Waals surface area contributed by atoms with Gasteiger partial charge in [0.05, 0.1) is 0 Å². The van der Waals surface area contributed by atoms with Gasteiger partial charge in [0.15, 0.2) is 0 Å². The third kappa shape index (κ3) is 4.39. The van der Waals surface area contributed by atoms with Gasteiger partial charge < -0.3 is 5.11 Å². The number of carbonyl (C=O) groups excluding carboxylic acids is 1. The van der Waals surface area contributed by atoms with E-state index in [4.69, 9.17) is 0 Å². The van der Waals surface area contributed by atoms with Gasteiger partial charge in [0.1, 0.15) is 12.0 Å². The maximum Gasteiger partial charge on any atom is 0.133 e. The second kappa shape index (κ2) is 5.35. The van der Waals surface area contributed by atoms with E-state index < -0.39 is 6.23 Å². The fourth-order valence-electron chi connectivity index (χ4n) is 1.65. The summed E-state index contributed by atoms with van der Waals surface area (Å²) in [6, 6.07) is 0.517. The number of aliphatic hydroxyl groups is 1. The SMILES string of the molecule is CC(=O)CC(O)N(C(C)C)C(C)C. The zero-order valence-corrected chi connectivity index (χ0v) is 9.24. The molecule has 0 saturated heterocycles. The molecular weight excluding hydrogens is 166 g/mol. The maximum absolute atomic E-state index is 10.8. The molecule has 1 atom stereocenters. The van der Waals surface area contributed by atoms with Crippen LogP contribution in [0.15, 0.2) is 0 Å². The molecular formula is C10H21NO2. The Bertz CT molecular complexity index is 158. The van der Waals surface area contributed by atoms with E-state index in [0.717, 1.165) is 0 Å². The molecule has 0 aliphatic heterocycles. The summed E-state index contributed by atoms with van der Waals surface area (Å²) in [5.41, 5.74) is 0. The van der Waals surface area contributed by atoms with Crippen molar-refractivity contribution in [3.05, 3.63) is 0 Å². The normalized spacial score (nSPS) is 14.2. The van der Waals surface area contributed by atoms with E-state index in [2.05, 4.69) is 0 Å². The minimum absolute atomic E-state index is 0.0267. The second-order valence-electron chi connectivity index (χ2n) is 4.02. The smallest absolute Gasteiger partial charge is 0.133 e. The topological polar surface area (TPSA) is 40.5 Å². The molecule has 1 unspecified atom stereocenters. The lowest BCUT2D eigenvalue weighted by atomic mass is 10.1. The van der Waals surface area contributed by atoms with Crippen LogP contribution in [0.5, 0.6) is 0 Å². The fourth-order valence-corrected chi connectivity index (χ4v) is 1.65. The van der Waals surface area contributed by atoms with Crippen molar-refractivity contribution in [3.63, 3.8) is 0 Å². The van der Waals surface area contributed by atoms with Crippen LogP contribution in [0.25, 0.3) is 0 Å². The lowest BCUT2D eigenvalue weighted by molar-refractivity contribution is -0.123. The van der Waals surface area contributed by atoms with Gasteiger partial charge in [-0.15, -0.1) is 0 Å². The Balaban J connectivity index is 4.28. The van der Waals surface area contributed by atoms with Gasteiger partial charge in [-0.3, -0.25) is 9.69 Å². The molecule has 3 nitrogen and oxygen atoms in total. The third-order valence-corrected chi connectivity index (χ3v) is 2.01. The zero-order valence-electron chi connectivity index (χ0n) is 9.24. The number of nitrogens with zero attached hydrogens (tertiary/aromatic N) is 1. The van der Waals surface area contributed by atoms with E-state index in [0.29, 0.717) is 0 Å². The number of hydrogen-bond acceptors (Lipinski definition) is 3. The predicted octanol–water partition coefficient (Wildman–Crippen LogP) is 1.40. The number of carbonyl (C=O) groups is 1. The Morgan fingerprint density at radius 1 is 1.23 bits per heavy atom. The number of rotatable bonds is 5. The number of aliphatic hydroxyl groups excluding tert-OH is 1. The van der Waals surface area contributed by atoms with Crippen LogP contribution in [0.1, 0.15) is 41.0 Å². The Hall–Kier alpha value is -0.410. The molecule has 0 heterocycles. The number of Topliss-reactive ketones (excluding diaryl/α,β-unsaturated/α-hetero) is 1. The van der Waals surface area contributed by atoms with E-state index >= 15 is 0 Å². The largest absolute Gasteiger partial charge is 0.378 e. The molecule has 0 aromatic rings. The van der Waals surface area contributed by atoms with Gasteiger partial charge in [0.25, 0.3) is 0 Å². The highest BCUT2D eigenvalue weighted by molar-refractivity contribution is 5.75. The first kappa shape index (κ1) is 12.6. The highest BCUT2D eigenvalue weighted by Gasteiger charge is 2.22. The monoisotopic (exact) mass is 187 g/mol. The molecule has 0 aromatic heterocycles. The van der Waals surface area contributed by atoms with Crippen molar-refractivity contribution in [3.8, 4) is 0 Å². The highest BCUT2D eigenvalue weighted by atomic mass is 16.3. The standard InChI is InChI=1S/C10H21NO2/c1-7(2)11(8(3)4)10(13)6-9(5)12/h7-8,10,13H,6H2,1-5H3. The lowest BCUT2D eigenvalue weighted by Crippen LogP contribution is -2.45. The predicted molar refractivity (Wildman–Crippen MR) is 53.4 cm³/mol. The lowest BCUT2D eigenvalue weighted by Gasteiger charge is -2.34. The summed E-state index contributed by atoms with van der Waals surface area (Å²) in [4.78, 5) is 12.7. The Morgan fingerprint density at radius 2 is 1.62 bits per heavy atom. The maximum atomic E-state index is 10.8. The molecule has 0 aromatic carbocycles. The molecule has 0 amide bonds. The molecule has 13 heavy (non-hydrogen) atoms. The molecule has 0 bridgehead atoms. The summed E-state index contributed by atoms with van der Waals surface area (Å²) in [5, 5.41) is 9.73. The second-order valence-corrected chi connectivity index (χ2v) is 4.02. The molecule has 0 radical (unpaired) electrons. The molecule has 0 spiro atoms. The Labute approximate surface area is 80.7 Å². The summed E-state index contributed by atoms with van der Waals surface area (Å²) >= 11 is 0. The van der Waals surface area contributed by atoms with Crippen LogP contribution in [0.4, 0.5) is 0 Å². The molecule has 0 rings (SSSR count). The fraction of sp³-hybridized carbons (Fsp3) is 0.900. The van der Waals surface area contributed by atoms with Gasteiger partial charge in [0, 0.05) is 18.5 Å². The van der Waals surface area contributed by atoms with Crippen LogP contribution in [0.2, 0.25) is 0 Å². The van der Waals surface area contributed by atoms with Crippen LogP contribution in [0.3, 0.4) is 0 Å². The van der Waals surface area contributed by atoms with Gasteiger partial charge in [-0.05, 0) is 34.6 Å². The first-order valence-corrected chi connectivity index (χ1v) is 4.81. The van der Waals surface area contributed by atoms with E-state index in [1.54, 1.807) is 0 Å². The highest BCUT2D eigenvalue weighted by Crippen LogP contribution is 2.11. The summed E-state index contributed by atoms with van der Waals surface area (Å²) in [6.07, 6.45) is -0.423. The summed E-state index contributed by atoms with van der Waals surface area (Å²) in [6.45, 7) is 9.57. The first-order chi connectivity index (χ1) is 5.86. The van der Waals surface area contributed by atoms with Crippen LogP contribution in [0, 0.1) is 0 Å². The molecule has 0 aliphatic rings. The molecule has 0 saturated carbocycles. The van der Waals surface area contributed by atoms with Gasteiger partial charge in [-0.1, -0.05) is 0 Å². The van der Waals surface area contributed by atoms with Crippen molar-refractivity contribution >= 4 is 5.78 Å². The minimum Gasteiger partial charge on any atom is -0.378 e. The van der Waals surface area contributed by atoms with Crippen molar-refractivity contribution in [2.75, 3.05) is 0 Å². The van der Waals surface area contributed by atoms with Crippen LogP contribution >= 0.6 is 0 Å². The van der Waals surface area contributed by atoms with Crippen LogP contribution < -0.4 is 0 Å². The van der Waals surface area contributed by atoms with Crippen molar-refractivity contribution < 1.29 is 9.90 Å². The molecule has 3 heteroatoms. The Kier molecular flexibility index (Phi) is 5.18. The van der Waals surface area contributed by atoms with E-state index in [-0.39, 0.29) is 24.3 Å². The van der Waals surface area contributed by atoms with Gasteiger partial charge >= 0.3 is 0 Å². The quantitative estimate of drug-likeness (QED) is 0.661. The molecule has 0 aliphatic carbocycles. The van der Waals surface area contributed by atoms with Crippen LogP contribution in [-0.2, 0) is 4.79 Å². The summed E-state index contributed by atoms with van der Waals surface area (Å²) in [5.74, 6) is 0.0267. The van der Waals surface area contributed by atoms with Gasteiger partial charge in [-0.25, -0.2) is 0 Å². The average Bonchev–Trinajstić information content (AvgIpc) is 1.81. The van der Waals surface area contributed by atoms with Gasteiger partial charge in [0.2, 0.25) is 0 Å². The van der Waals surface area contributed by atoms with Crippen molar-refractivity contribution in [2.24, 2.45) is 0 Å². The summed E-state index contributed by atoms with van der Waals surface area (Å²) in [7, 11) is 0. The minimum atomic E-state index is -0.641. The van der Waals surface area contributed by atoms with Crippen molar-refractivity contribution in [1.29, 1.82) is 0 Å². The van der Waals surface area contributed by atoms with Gasteiger partial charge in [-0.2, -0.15) is 0 Å². The molecule has 0 fully saturated rings. The number of hydrogen-bond donors (Lipinski definition) is 1. The van der Waals surface area contributed by atoms with E-state index in [1.807, 2.05) is 32.6 Å². The summed E-state index contributed by atoms with van der Waals surface area (Å²) < 4.78 is 0. The number of ketones is 1. The first-order valence-electron chi connectivity index (χ1n) is 4.81. The average molecular weight is 187 g/mol.